The first kappa shape index (κ1) is 17.9. The molecule has 26 heavy (non-hydrogen) atoms. The van der Waals surface area contributed by atoms with Crippen LogP contribution in [0.15, 0.2) is 42.5 Å². The Bertz CT molecular complexity index is 865. The summed E-state index contributed by atoms with van der Waals surface area (Å²) in [5, 5.41) is 5.55. The number of halogens is 1. The van der Waals surface area contributed by atoms with E-state index in [1.165, 1.54) is 13.1 Å². The van der Waals surface area contributed by atoms with E-state index < -0.39 is 0 Å². The number of anilines is 2. The molecule has 0 spiro atoms. The molecule has 0 aliphatic carbocycles. The molecule has 1 fully saturated rings. The number of nitrogens with zero attached hydrogens (tertiary/aromatic N) is 1. The van der Waals surface area contributed by atoms with Crippen LogP contribution in [0.4, 0.5) is 11.4 Å². The van der Waals surface area contributed by atoms with Gasteiger partial charge in [-0.3, -0.25) is 14.4 Å². The van der Waals surface area contributed by atoms with Gasteiger partial charge in [-0.1, -0.05) is 11.6 Å². The van der Waals surface area contributed by atoms with Crippen molar-refractivity contribution in [2.75, 3.05) is 23.8 Å². The molecule has 2 N–H and O–H groups in total. The first-order valence-corrected chi connectivity index (χ1v) is 8.61. The van der Waals surface area contributed by atoms with E-state index in [1.807, 2.05) is 0 Å². The molecule has 0 radical (unpaired) electrons. The second kappa shape index (κ2) is 7.58. The van der Waals surface area contributed by atoms with E-state index in [9.17, 15) is 14.4 Å². The Balaban J connectivity index is 1.74. The zero-order valence-corrected chi connectivity index (χ0v) is 15.0. The van der Waals surface area contributed by atoms with E-state index >= 15 is 0 Å². The SMILES string of the molecule is CNC(=O)c1cc(NC(=O)c2ccc(N3CCCC3=O)cc2)ccc1Cl. The first-order valence-electron chi connectivity index (χ1n) is 8.23. The van der Waals surface area contributed by atoms with Crippen molar-refractivity contribution in [1.29, 1.82) is 0 Å². The van der Waals surface area contributed by atoms with E-state index in [2.05, 4.69) is 10.6 Å². The van der Waals surface area contributed by atoms with Crippen LogP contribution in [0.1, 0.15) is 33.6 Å². The molecule has 0 saturated carbocycles. The number of hydrogen-bond acceptors (Lipinski definition) is 3. The van der Waals surface area contributed by atoms with Gasteiger partial charge in [0, 0.05) is 37.0 Å². The lowest BCUT2D eigenvalue weighted by Gasteiger charge is -2.16. The van der Waals surface area contributed by atoms with Gasteiger partial charge in [-0.2, -0.15) is 0 Å². The van der Waals surface area contributed by atoms with Crippen LogP contribution < -0.4 is 15.5 Å². The minimum atomic E-state index is -0.328. The number of hydrogen-bond donors (Lipinski definition) is 2. The van der Waals surface area contributed by atoms with Gasteiger partial charge in [0.2, 0.25) is 5.91 Å². The third-order valence-electron chi connectivity index (χ3n) is 4.21. The molecule has 0 atom stereocenters. The van der Waals surface area contributed by atoms with Crippen LogP contribution in [-0.4, -0.2) is 31.3 Å². The predicted octanol–water partition coefficient (Wildman–Crippen LogP) is 3.08. The molecule has 1 saturated heterocycles. The van der Waals surface area contributed by atoms with Gasteiger partial charge in [0.25, 0.3) is 11.8 Å². The van der Waals surface area contributed by atoms with Crippen molar-refractivity contribution in [2.24, 2.45) is 0 Å². The molecule has 1 aliphatic heterocycles. The molecule has 7 heteroatoms. The molecule has 0 aromatic heterocycles. The van der Waals surface area contributed by atoms with Gasteiger partial charge >= 0.3 is 0 Å². The van der Waals surface area contributed by atoms with Crippen LogP contribution in [0.3, 0.4) is 0 Å². The van der Waals surface area contributed by atoms with Gasteiger partial charge in [-0.25, -0.2) is 0 Å². The van der Waals surface area contributed by atoms with Gasteiger partial charge in [0.05, 0.1) is 10.6 Å². The molecule has 2 aromatic rings. The molecule has 2 aromatic carbocycles. The number of carbonyl (C=O) groups is 3. The van der Waals surface area contributed by atoms with Gasteiger partial charge in [0.15, 0.2) is 0 Å². The lowest BCUT2D eigenvalue weighted by atomic mass is 10.1. The third kappa shape index (κ3) is 3.70. The van der Waals surface area contributed by atoms with Crippen LogP contribution >= 0.6 is 11.6 Å². The highest BCUT2D eigenvalue weighted by atomic mass is 35.5. The molecular weight excluding hydrogens is 354 g/mol. The Morgan fingerprint density at radius 3 is 2.42 bits per heavy atom. The van der Waals surface area contributed by atoms with E-state index in [0.717, 1.165) is 12.1 Å². The fourth-order valence-electron chi connectivity index (χ4n) is 2.83. The maximum atomic E-state index is 12.4. The number of nitrogens with one attached hydrogen (secondary N) is 2. The topological polar surface area (TPSA) is 78.5 Å². The maximum Gasteiger partial charge on any atom is 0.255 e. The largest absolute Gasteiger partial charge is 0.355 e. The van der Waals surface area contributed by atoms with Crippen molar-refractivity contribution in [3.8, 4) is 0 Å². The Hall–Kier alpha value is -2.86. The van der Waals surface area contributed by atoms with Crippen molar-refractivity contribution >= 4 is 40.7 Å². The Labute approximate surface area is 156 Å². The molecule has 0 bridgehead atoms. The number of carbonyl (C=O) groups excluding carboxylic acids is 3. The second-order valence-electron chi connectivity index (χ2n) is 5.92. The van der Waals surface area contributed by atoms with Gasteiger partial charge < -0.3 is 15.5 Å². The monoisotopic (exact) mass is 371 g/mol. The highest BCUT2D eigenvalue weighted by molar-refractivity contribution is 6.34. The zero-order chi connectivity index (χ0) is 18.7. The maximum absolute atomic E-state index is 12.4. The summed E-state index contributed by atoms with van der Waals surface area (Å²) in [6.07, 6.45) is 1.41. The summed E-state index contributed by atoms with van der Waals surface area (Å²) in [7, 11) is 1.51. The Kier molecular flexibility index (Phi) is 5.23. The van der Waals surface area contributed by atoms with Crippen molar-refractivity contribution < 1.29 is 14.4 Å². The highest BCUT2D eigenvalue weighted by Crippen LogP contribution is 2.23. The van der Waals surface area contributed by atoms with Gasteiger partial charge in [-0.05, 0) is 48.9 Å². The fraction of sp³-hybridized carbons (Fsp3) is 0.211. The lowest BCUT2D eigenvalue weighted by Crippen LogP contribution is -2.23. The minimum absolute atomic E-state index is 0.102. The van der Waals surface area contributed by atoms with Crippen molar-refractivity contribution in [3.05, 3.63) is 58.6 Å². The molecule has 6 nitrogen and oxygen atoms in total. The summed E-state index contributed by atoms with van der Waals surface area (Å²) in [6, 6.07) is 11.6. The van der Waals surface area contributed by atoms with Crippen molar-refractivity contribution in [2.45, 2.75) is 12.8 Å². The van der Waals surface area contributed by atoms with Crippen molar-refractivity contribution in [1.82, 2.24) is 5.32 Å². The first-order chi connectivity index (χ1) is 12.5. The van der Waals surface area contributed by atoms with Crippen LogP contribution in [0.5, 0.6) is 0 Å². The molecule has 3 rings (SSSR count). The van der Waals surface area contributed by atoms with E-state index in [4.69, 9.17) is 11.6 Å². The lowest BCUT2D eigenvalue weighted by molar-refractivity contribution is -0.117. The smallest absolute Gasteiger partial charge is 0.255 e. The molecule has 134 valence electrons. The molecular formula is C19H18ClN3O3. The summed E-state index contributed by atoms with van der Waals surface area (Å²) in [4.78, 5) is 37.7. The summed E-state index contributed by atoms with van der Waals surface area (Å²) >= 11 is 6.01. The Morgan fingerprint density at radius 2 is 1.81 bits per heavy atom. The normalized spacial score (nSPS) is 13.6. The zero-order valence-electron chi connectivity index (χ0n) is 14.2. The molecule has 3 amide bonds. The number of benzene rings is 2. The third-order valence-corrected chi connectivity index (χ3v) is 4.54. The minimum Gasteiger partial charge on any atom is -0.355 e. The summed E-state index contributed by atoms with van der Waals surface area (Å²) in [6.45, 7) is 0.706. The number of rotatable bonds is 4. The standard InChI is InChI=1S/C19H18ClN3O3/c1-21-19(26)15-11-13(6-9-16(15)20)22-18(25)12-4-7-14(8-5-12)23-10-2-3-17(23)24/h4-9,11H,2-3,10H2,1H3,(H,21,26)(H,22,25). The van der Waals surface area contributed by atoms with Gasteiger partial charge in [-0.15, -0.1) is 0 Å². The van der Waals surface area contributed by atoms with E-state index in [1.54, 1.807) is 41.3 Å². The average molecular weight is 372 g/mol. The highest BCUT2D eigenvalue weighted by Gasteiger charge is 2.21. The summed E-state index contributed by atoms with van der Waals surface area (Å²) in [5.41, 5.74) is 2.00. The van der Waals surface area contributed by atoms with E-state index in [-0.39, 0.29) is 23.3 Å². The summed E-state index contributed by atoms with van der Waals surface area (Å²) in [5.74, 6) is -0.537. The molecule has 1 heterocycles. The molecule has 1 aliphatic rings. The predicted molar refractivity (Wildman–Crippen MR) is 101 cm³/mol. The number of amides is 3. The second-order valence-corrected chi connectivity index (χ2v) is 6.33. The quantitative estimate of drug-likeness (QED) is 0.866. The molecule has 0 unspecified atom stereocenters. The Morgan fingerprint density at radius 1 is 1.08 bits per heavy atom. The van der Waals surface area contributed by atoms with Gasteiger partial charge in [0.1, 0.15) is 0 Å². The average Bonchev–Trinajstić information content (AvgIpc) is 3.08. The van der Waals surface area contributed by atoms with Crippen molar-refractivity contribution in [3.63, 3.8) is 0 Å². The van der Waals surface area contributed by atoms with Crippen LogP contribution in [-0.2, 0) is 4.79 Å². The van der Waals surface area contributed by atoms with Crippen LogP contribution in [0, 0.1) is 0 Å². The van der Waals surface area contributed by atoms with Crippen LogP contribution in [0.2, 0.25) is 5.02 Å². The fourth-order valence-corrected chi connectivity index (χ4v) is 3.03. The summed E-state index contributed by atoms with van der Waals surface area (Å²) < 4.78 is 0. The van der Waals surface area contributed by atoms with Crippen LogP contribution in [0.25, 0.3) is 0 Å². The van der Waals surface area contributed by atoms with E-state index in [0.29, 0.717) is 29.2 Å².